The third-order valence-corrected chi connectivity index (χ3v) is 3.87. The van der Waals surface area contributed by atoms with Crippen LogP contribution in [0.5, 0.6) is 5.75 Å². The first-order valence-electron chi connectivity index (χ1n) is 6.76. The summed E-state index contributed by atoms with van der Waals surface area (Å²) in [6, 6.07) is 6.37. The number of hydrogen-bond donors (Lipinski definition) is 2. The zero-order valence-electron chi connectivity index (χ0n) is 12.6. The molecule has 24 heavy (non-hydrogen) atoms. The molecule has 0 aliphatic heterocycles. The minimum absolute atomic E-state index is 0.237. The maximum atomic E-state index is 14.4. The van der Waals surface area contributed by atoms with Gasteiger partial charge in [0.15, 0.2) is 11.6 Å². The van der Waals surface area contributed by atoms with Crippen LogP contribution in [-0.4, -0.2) is 12.5 Å². The summed E-state index contributed by atoms with van der Waals surface area (Å²) in [4.78, 5) is 11.6. The number of halogens is 3. The van der Waals surface area contributed by atoms with E-state index in [2.05, 4.69) is 33.8 Å². The van der Waals surface area contributed by atoms with Gasteiger partial charge < -0.3 is 15.8 Å². The van der Waals surface area contributed by atoms with Crippen LogP contribution in [0, 0.1) is 34.5 Å². The van der Waals surface area contributed by atoms with Crippen molar-refractivity contribution >= 4 is 39.9 Å². The second-order valence-electron chi connectivity index (χ2n) is 4.87. The predicted molar refractivity (Wildman–Crippen MR) is 96.4 cm³/mol. The number of benzene rings is 2. The molecule has 7 heteroatoms. The van der Waals surface area contributed by atoms with Crippen LogP contribution in [0.3, 0.4) is 0 Å². The van der Waals surface area contributed by atoms with Crippen molar-refractivity contribution in [3.8, 4) is 18.1 Å². The van der Waals surface area contributed by atoms with Gasteiger partial charge in [-0.15, -0.1) is 6.42 Å². The van der Waals surface area contributed by atoms with Gasteiger partial charge in [-0.3, -0.25) is 4.79 Å². The Balaban J connectivity index is 2.54. The summed E-state index contributed by atoms with van der Waals surface area (Å²) in [5, 5.41) is 2.73. The standard InChI is InChI=1S/C17H13F2IN2O2/c1-3-6-24-13-8-11(17(21)23)16(15(19)14(13)18)22-12-5-4-10(20)7-9(12)2/h1,4-5,7-8,22H,6H2,2H3,(H2,21,23). The van der Waals surface area contributed by atoms with Crippen molar-refractivity contribution in [2.45, 2.75) is 6.92 Å². The fourth-order valence-corrected chi connectivity index (χ4v) is 2.69. The fourth-order valence-electron chi connectivity index (χ4n) is 2.05. The lowest BCUT2D eigenvalue weighted by Crippen LogP contribution is -2.16. The van der Waals surface area contributed by atoms with Gasteiger partial charge in [-0.2, -0.15) is 4.39 Å². The van der Waals surface area contributed by atoms with Crippen molar-refractivity contribution in [2.75, 3.05) is 11.9 Å². The maximum absolute atomic E-state index is 14.4. The number of amides is 1. The minimum Gasteiger partial charge on any atom is -0.478 e. The molecule has 0 fully saturated rings. The van der Waals surface area contributed by atoms with Crippen LogP contribution in [0.25, 0.3) is 0 Å². The molecule has 124 valence electrons. The van der Waals surface area contributed by atoms with Gasteiger partial charge in [0.25, 0.3) is 5.91 Å². The molecular weight excluding hydrogens is 429 g/mol. The number of anilines is 2. The lowest BCUT2D eigenvalue weighted by Gasteiger charge is -2.16. The Bertz CT molecular complexity index is 847. The van der Waals surface area contributed by atoms with Gasteiger partial charge in [0.05, 0.1) is 11.3 Å². The average molecular weight is 442 g/mol. The Labute approximate surface area is 151 Å². The molecular formula is C17H13F2IN2O2. The molecule has 0 aromatic heterocycles. The highest BCUT2D eigenvalue weighted by atomic mass is 127. The SMILES string of the molecule is C#CCOc1cc(C(N)=O)c(Nc2ccc(I)cc2C)c(F)c1F. The first-order chi connectivity index (χ1) is 11.3. The van der Waals surface area contributed by atoms with E-state index in [1.165, 1.54) is 0 Å². The highest BCUT2D eigenvalue weighted by Crippen LogP contribution is 2.33. The number of primary amides is 1. The van der Waals surface area contributed by atoms with Crippen LogP contribution in [0.15, 0.2) is 24.3 Å². The monoisotopic (exact) mass is 442 g/mol. The Kier molecular flexibility index (Phi) is 5.62. The van der Waals surface area contributed by atoms with Gasteiger partial charge >= 0.3 is 0 Å². The van der Waals surface area contributed by atoms with Crippen molar-refractivity contribution in [3.63, 3.8) is 0 Å². The zero-order valence-corrected chi connectivity index (χ0v) is 14.8. The largest absolute Gasteiger partial charge is 0.478 e. The normalized spacial score (nSPS) is 10.1. The number of carbonyl (C=O) groups is 1. The lowest BCUT2D eigenvalue weighted by atomic mass is 10.1. The van der Waals surface area contributed by atoms with E-state index in [4.69, 9.17) is 16.9 Å². The molecule has 2 aromatic carbocycles. The van der Waals surface area contributed by atoms with Crippen LogP contribution in [0.2, 0.25) is 0 Å². The van der Waals surface area contributed by atoms with Gasteiger partial charge in [0, 0.05) is 9.26 Å². The van der Waals surface area contributed by atoms with Crippen LogP contribution in [-0.2, 0) is 0 Å². The molecule has 0 atom stereocenters. The van der Waals surface area contributed by atoms with Gasteiger partial charge in [-0.1, -0.05) is 5.92 Å². The highest BCUT2D eigenvalue weighted by molar-refractivity contribution is 14.1. The van der Waals surface area contributed by atoms with Crippen molar-refractivity contribution in [3.05, 3.63) is 50.6 Å². The van der Waals surface area contributed by atoms with Gasteiger partial charge in [-0.05, 0) is 59.3 Å². The Morgan fingerprint density at radius 1 is 1.38 bits per heavy atom. The van der Waals surface area contributed by atoms with Gasteiger partial charge in [0.1, 0.15) is 6.61 Å². The topological polar surface area (TPSA) is 64.3 Å². The first-order valence-corrected chi connectivity index (χ1v) is 7.84. The quantitative estimate of drug-likeness (QED) is 0.548. The van der Waals surface area contributed by atoms with Crippen molar-refractivity contribution in [1.29, 1.82) is 0 Å². The Hall–Kier alpha value is -2.34. The average Bonchev–Trinajstić information content (AvgIpc) is 2.53. The summed E-state index contributed by atoms with van der Waals surface area (Å²) in [5.74, 6) is -1.78. The number of hydrogen-bond acceptors (Lipinski definition) is 3. The van der Waals surface area contributed by atoms with Crippen LogP contribution in [0.4, 0.5) is 20.2 Å². The minimum atomic E-state index is -1.27. The summed E-state index contributed by atoms with van der Waals surface area (Å²) >= 11 is 2.13. The van der Waals surface area contributed by atoms with E-state index in [1.807, 2.05) is 6.07 Å². The molecule has 0 aliphatic carbocycles. The van der Waals surface area contributed by atoms with Crippen LogP contribution in [0.1, 0.15) is 15.9 Å². The smallest absolute Gasteiger partial charge is 0.251 e. The highest BCUT2D eigenvalue weighted by Gasteiger charge is 2.23. The van der Waals surface area contributed by atoms with Gasteiger partial charge in [0.2, 0.25) is 5.82 Å². The third-order valence-electron chi connectivity index (χ3n) is 3.20. The predicted octanol–water partition coefficient (Wildman–Crippen LogP) is 3.73. The number of nitrogens with one attached hydrogen (secondary N) is 1. The van der Waals surface area contributed by atoms with Gasteiger partial charge in [-0.25, -0.2) is 4.39 Å². The molecule has 2 aromatic rings. The molecule has 0 aliphatic rings. The Morgan fingerprint density at radius 2 is 2.08 bits per heavy atom. The van der Waals surface area contributed by atoms with E-state index >= 15 is 0 Å². The third kappa shape index (κ3) is 3.76. The maximum Gasteiger partial charge on any atom is 0.251 e. The number of nitrogens with two attached hydrogens (primary N) is 1. The number of ether oxygens (including phenoxy) is 1. The summed E-state index contributed by atoms with van der Waals surface area (Å²) < 4.78 is 34.5. The number of carbonyl (C=O) groups excluding carboxylic acids is 1. The van der Waals surface area contributed by atoms with Crippen LogP contribution < -0.4 is 15.8 Å². The van der Waals surface area contributed by atoms with Crippen molar-refractivity contribution in [1.82, 2.24) is 0 Å². The van der Waals surface area contributed by atoms with E-state index < -0.39 is 23.3 Å². The van der Waals surface area contributed by atoms with E-state index in [1.54, 1.807) is 19.1 Å². The molecule has 0 saturated carbocycles. The van der Waals surface area contributed by atoms with Crippen LogP contribution >= 0.6 is 22.6 Å². The number of aryl methyl sites for hydroxylation is 1. The Morgan fingerprint density at radius 3 is 2.67 bits per heavy atom. The summed E-state index contributed by atoms with van der Waals surface area (Å²) in [6.07, 6.45) is 5.03. The fraction of sp³-hybridized carbons (Fsp3) is 0.118. The lowest BCUT2D eigenvalue weighted by molar-refractivity contribution is 0.1000. The molecule has 0 saturated heterocycles. The van der Waals surface area contributed by atoms with Crippen molar-refractivity contribution < 1.29 is 18.3 Å². The summed E-state index contributed by atoms with van der Waals surface area (Å²) in [6.45, 7) is 1.53. The van der Waals surface area contributed by atoms with E-state index in [0.717, 1.165) is 15.2 Å². The zero-order chi connectivity index (χ0) is 17.9. The molecule has 3 N–H and O–H groups in total. The second-order valence-corrected chi connectivity index (χ2v) is 6.11. The second kappa shape index (κ2) is 7.49. The van der Waals surface area contributed by atoms with Crippen molar-refractivity contribution in [2.24, 2.45) is 5.73 Å². The molecule has 2 rings (SSSR count). The van der Waals surface area contributed by atoms with E-state index in [0.29, 0.717) is 5.69 Å². The van der Waals surface area contributed by atoms with E-state index in [-0.39, 0.29) is 17.9 Å². The number of rotatable bonds is 5. The summed E-state index contributed by atoms with van der Waals surface area (Å²) in [5.41, 5.74) is 6.01. The molecule has 4 nitrogen and oxygen atoms in total. The molecule has 0 radical (unpaired) electrons. The summed E-state index contributed by atoms with van der Waals surface area (Å²) in [7, 11) is 0. The molecule has 0 unspecified atom stereocenters. The molecule has 0 bridgehead atoms. The first kappa shape index (κ1) is 18.0. The molecule has 0 heterocycles. The number of terminal acetylenes is 1. The van der Waals surface area contributed by atoms with E-state index in [9.17, 15) is 13.6 Å². The molecule has 1 amide bonds. The molecule has 0 spiro atoms.